The second-order valence-electron chi connectivity index (χ2n) is 4.85. The molecule has 2 rings (SSSR count). The van der Waals surface area contributed by atoms with Crippen molar-refractivity contribution in [2.45, 2.75) is 13.8 Å². The number of hydrogen-bond donors (Lipinski definition) is 0. The van der Waals surface area contributed by atoms with E-state index in [0.29, 0.717) is 0 Å². The molecule has 0 aromatic carbocycles. The summed E-state index contributed by atoms with van der Waals surface area (Å²) in [5.74, 6) is 0. The van der Waals surface area contributed by atoms with Gasteiger partial charge in [0.15, 0.2) is 0 Å². The van der Waals surface area contributed by atoms with Crippen molar-refractivity contribution in [3.8, 4) is 0 Å². The molecule has 0 amide bonds. The molecule has 0 aromatic rings. The average Bonchev–Trinajstić information content (AvgIpc) is 2.19. The Morgan fingerprint density at radius 2 is 1.19 bits per heavy atom. The Hall–Kier alpha value is -1.44. The third kappa shape index (κ3) is 2.06. The Morgan fingerprint density at radius 1 is 0.812 bits per heavy atom. The van der Waals surface area contributed by atoms with Gasteiger partial charge >= 0.3 is 0 Å². The molecule has 0 saturated heterocycles. The molecule has 0 radical (unpaired) electrons. The van der Waals surface area contributed by atoms with E-state index in [1.807, 2.05) is 0 Å². The molecule has 16 heavy (non-hydrogen) atoms. The smallest absolute Gasteiger partial charge is 0.0386 e. The molecule has 2 heterocycles. The molecule has 0 atom stereocenters. The van der Waals surface area contributed by atoms with Gasteiger partial charge in [0, 0.05) is 27.2 Å². The van der Waals surface area contributed by atoms with Gasteiger partial charge in [-0.05, 0) is 60.7 Å². The molecule has 0 N–H and O–H groups in total. The zero-order valence-electron chi connectivity index (χ0n) is 10.6. The van der Waals surface area contributed by atoms with Gasteiger partial charge in [-0.1, -0.05) is 0 Å². The lowest BCUT2D eigenvalue weighted by Gasteiger charge is -2.27. The Bertz CT molecular complexity index is 370. The summed E-state index contributed by atoms with van der Waals surface area (Å²) in [5.41, 5.74) is 5.71. The van der Waals surface area contributed by atoms with Crippen LogP contribution in [0.2, 0.25) is 0 Å². The van der Waals surface area contributed by atoms with Crippen LogP contribution in [-0.4, -0.2) is 37.0 Å². The van der Waals surface area contributed by atoms with Gasteiger partial charge in [-0.15, -0.1) is 0 Å². The summed E-state index contributed by atoms with van der Waals surface area (Å²) >= 11 is 0. The molecule has 0 aliphatic carbocycles. The van der Waals surface area contributed by atoms with Crippen LogP contribution < -0.4 is 0 Å². The molecular weight excluding hydrogens is 196 g/mol. The molecule has 2 nitrogen and oxygen atoms in total. The summed E-state index contributed by atoms with van der Waals surface area (Å²) in [6, 6.07) is 0. The van der Waals surface area contributed by atoms with E-state index in [-0.39, 0.29) is 0 Å². The van der Waals surface area contributed by atoms with Crippen molar-refractivity contribution in [1.29, 1.82) is 0 Å². The maximum atomic E-state index is 2.23. The lowest BCUT2D eigenvalue weighted by atomic mass is 9.93. The highest BCUT2D eigenvalue weighted by Gasteiger charge is 2.14. The quantitative estimate of drug-likeness (QED) is 0.664. The highest BCUT2D eigenvalue weighted by molar-refractivity contribution is 5.53. The summed E-state index contributed by atoms with van der Waals surface area (Å²) in [5, 5.41) is 0. The average molecular weight is 216 g/mol. The Kier molecular flexibility index (Phi) is 2.90. The molecule has 0 saturated carbocycles. The van der Waals surface area contributed by atoms with Crippen LogP contribution in [0.25, 0.3) is 0 Å². The Balaban J connectivity index is 2.33. The summed E-state index contributed by atoms with van der Waals surface area (Å²) in [4.78, 5) is 4.43. The first-order valence-corrected chi connectivity index (χ1v) is 5.74. The Morgan fingerprint density at radius 3 is 1.50 bits per heavy atom. The van der Waals surface area contributed by atoms with Gasteiger partial charge < -0.3 is 9.80 Å². The standard InChI is InChI=1S/C14H20N2/c1-11-9-15(3)7-5-13(11)14-6-8-16(4)10-12(14)2/h5-8H,9-10H2,1-4H3. The van der Waals surface area contributed by atoms with Crippen molar-refractivity contribution < 1.29 is 0 Å². The highest BCUT2D eigenvalue weighted by atomic mass is 15.1. The van der Waals surface area contributed by atoms with Crippen molar-refractivity contribution in [2.75, 3.05) is 27.2 Å². The van der Waals surface area contributed by atoms with Gasteiger partial charge in [-0.2, -0.15) is 0 Å². The third-order valence-corrected chi connectivity index (χ3v) is 3.17. The van der Waals surface area contributed by atoms with Gasteiger partial charge in [0.2, 0.25) is 0 Å². The fraction of sp³-hybridized carbons (Fsp3) is 0.429. The summed E-state index contributed by atoms with van der Waals surface area (Å²) in [6.45, 7) is 6.52. The highest BCUT2D eigenvalue weighted by Crippen LogP contribution is 2.27. The number of hydrogen-bond acceptors (Lipinski definition) is 2. The van der Waals surface area contributed by atoms with Crippen LogP contribution in [0.5, 0.6) is 0 Å². The molecule has 0 bridgehead atoms. The van der Waals surface area contributed by atoms with Crippen LogP contribution >= 0.6 is 0 Å². The topological polar surface area (TPSA) is 6.48 Å². The molecule has 0 spiro atoms. The second-order valence-corrected chi connectivity index (χ2v) is 4.85. The van der Waals surface area contributed by atoms with Crippen molar-refractivity contribution in [1.82, 2.24) is 9.80 Å². The van der Waals surface area contributed by atoms with E-state index in [0.717, 1.165) is 13.1 Å². The zero-order valence-corrected chi connectivity index (χ0v) is 10.6. The number of allylic oxidation sites excluding steroid dienone is 4. The molecule has 0 aromatic heterocycles. The monoisotopic (exact) mass is 216 g/mol. The lowest BCUT2D eigenvalue weighted by molar-refractivity contribution is 0.482. The number of likely N-dealkylation sites (N-methyl/N-ethyl adjacent to an activating group) is 2. The summed E-state index contributed by atoms with van der Waals surface area (Å²) in [7, 11) is 4.23. The van der Waals surface area contributed by atoms with E-state index < -0.39 is 0 Å². The van der Waals surface area contributed by atoms with E-state index in [9.17, 15) is 0 Å². The molecular formula is C14H20N2. The minimum Gasteiger partial charge on any atom is -0.376 e. The van der Waals surface area contributed by atoms with Crippen LogP contribution in [0.4, 0.5) is 0 Å². The van der Waals surface area contributed by atoms with Crippen LogP contribution in [0.15, 0.2) is 46.8 Å². The van der Waals surface area contributed by atoms with E-state index in [1.54, 1.807) is 0 Å². The van der Waals surface area contributed by atoms with Crippen molar-refractivity contribution in [3.63, 3.8) is 0 Å². The van der Waals surface area contributed by atoms with Crippen LogP contribution in [0.3, 0.4) is 0 Å². The lowest BCUT2D eigenvalue weighted by Crippen LogP contribution is -2.21. The molecule has 2 aliphatic rings. The fourth-order valence-electron chi connectivity index (χ4n) is 2.35. The van der Waals surface area contributed by atoms with Crippen molar-refractivity contribution in [3.05, 3.63) is 46.8 Å². The number of nitrogens with zero attached hydrogens (tertiary/aromatic N) is 2. The first kappa shape index (κ1) is 11.1. The minimum atomic E-state index is 1.03. The van der Waals surface area contributed by atoms with Crippen LogP contribution in [0.1, 0.15) is 13.8 Å². The van der Waals surface area contributed by atoms with E-state index >= 15 is 0 Å². The number of rotatable bonds is 1. The molecule has 0 unspecified atom stereocenters. The predicted molar refractivity (Wildman–Crippen MR) is 68.9 cm³/mol. The molecule has 2 aliphatic heterocycles. The normalized spacial score (nSPS) is 21.2. The Labute approximate surface area is 98.2 Å². The maximum Gasteiger partial charge on any atom is 0.0386 e. The van der Waals surface area contributed by atoms with Crippen LogP contribution in [-0.2, 0) is 0 Å². The summed E-state index contributed by atoms with van der Waals surface area (Å²) < 4.78 is 0. The minimum absolute atomic E-state index is 1.03. The van der Waals surface area contributed by atoms with E-state index in [1.165, 1.54) is 22.3 Å². The van der Waals surface area contributed by atoms with Crippen molar-refractivity contribution >= 4 is 0 Å². The molecule has 2 heteroatoms. The van der Waals surface area contributed by atoms with Crippen molar-refractivity contribution in [2.24, 2.45) is 0 Å². The molecule has 86 valence electrons. The first-order valence-electron chi connectivity index (χ1n) is 5.74. The van der Waals surface area contributed by atoms with Gasteiger partial charge in [-0.3, -0.25) is 0 Å². The van der Waals surface area contributed by atoms with E-state index in [4.69, 9.17) is 0 Å². The first-order chi connectivity index (χ1) is 7.58. The summed E-state index contributed by atoms with van der Waals surface area (Å²) in [6.07, 6.45) is 8.78. The zero-order chi connectivity index (χ0) is 11.7. The van der Waals surface area contributed by atoms with Crippen LogP contribution in [0, 0.1) is 0 Å². The predicted octanol–water partition coefficient (Wildman–Crippen LogP) is 2.54. The SMILES string of the molecule is CC1=C(C2=C(C)CN(C)C=C2)C=CN(C)C1. The largest absolute Gasteiger partial charge is 0.376 e. The second kappa shape index (κ2) is 4.20. The third-order valence-electron chi connectivity index (χ3n) is 3.17. The van der Waals surface area contributed by atoms with Gasteiger partial charge in [0.05, 0.1) is 0 Å². The van der Waals surface area contributed by atoms with E-state index in [2.05, 4.69) is 62.3 Å². The van der Waals surface area contributed by atoms with Gasteiger partial charge in [-0.25, -0.2) is 0 Å². The fourth-order valence-corrected chi connectivity index (χ4v) is 2.35. The van der Waals surface area contributed by atoms with Gasteiger partial charge in [0.1, 0.15) is 0 Å². The maximum absolute atomic E-state index is 2.23. The molecule has 0 fully saturated rings. The van der Waals surface area contributed by atoms with Gasteiger partial charge in [0.25, 0.3) is 0 Å².